The summed E-state index contributed by atoms with van der Waals surface area (Å²) in [5.74, 6) is 1.87. The molecule has 0 spiro atoms. The largest absolute Gasteiger partial charge is 0.491 e. The van der Waals surface area contributed by atoms with E-state index < -0.39 is 0 Å². The van der Waals surface area contributed by atoms with E-state index in [4.69, 9.17) is 4.74 Å². The van der Waals surface area contributed by atoms with Crippen molar-refractivity contribution in [2.75, 3.05) is 11.9 Å². The molecule has 2 bridgehead atoms. The highest BCUT2D eigenvalue weighted by molar-refractivity contribution is 5.57. The molecule has 0 aliphatic heterocycles. The maximum absolute atomic E-state index is 5.90. The van der Waals surface area contributed by atoms with Gasteiger partial charge in [0, 0.05) is 6.04 Å². The molecule has 2 saturated carbocycles. The van der Waals surface area contributed by atoms with Gasteiger partial charge in [0.1, 0.15) is 5.75 Å². The van der Waals surface area contributed by atoms with Gasteiger partial charge in [0.15, 0.2) is 0 Å². The van der Waals surface area contributed by atoms with Crippen LogP contribution in [0.5, 0.6) is 5.75 Å². The zero-order valence-electron chi connectivity index (χ0n) is 13.9. The molecule has 1 aromatic carbocycles. The fourth-order valence-corrected chi connectivity index (χ4v) is 4.53. The molecule has 1 aromatic rings. The van der Waals surface area contributed by atoms with Gasteiger partial charge in [0.25, 0.3) is 0 Å². The van der Waals surface area contributed by atoms with Crippen molar-refractivity contribution in [2.45, 2.75) is 59.4 Å². The Balaban J connectivity index is 1.79. The maximum Gasteiger partial charge on any atom is 0.142 e. The number of anilines is 1. The van der Waals surface area contributed by atoms with Crippen molar-refractivity contribution in [3.05, 3.63) is 24.3 Å². The van der Waals surface area contributed by atoms with Crippen LogP contribution < -0.4 is 10.1 Å². The second kappa shape index (κ2) is 5.23. The van der Waals surface area contributed by atoms with E-state index in [1.165, 1.54) is 24.9 Å². The molecular weight excluding hydrogens is 258 g/mol. The molecule has 0 aromatic heterocycles. The van der Waals surface area contributed by atoms with Gasteiger partial charge in [-0.25, -0.2) is 0 Å². The smallest absolute Gasteiger partial charge is 0.142 e. The van der Waals surface area contributed by atoms with Crippen LogP contribution in [-0.2, 0) is 0 Å². The van der Waals surface area contributed by atoms with Crippen molar-refractivity contribution in [3.63, 3.8) is 0 Å². The van der Waals surface area contributed by atoms with Crippen LogP contribution in [0.2, 0.25) is 0 Å². The van der Waals surface area contributed by atoms with E-state index in [-0.39, 0.29) is 0 Å². The van der Waals surface area contributed by atoms with Crippen molar-refractivity contribution in [3.8, 4) is 5.75 Å². The molecular formula is C19H29NO. The van der Waals surface area contributed by atoms with E-state index >= 15 is 0 Å². The highest BCUT2D eigenvalue weighted by Crippen LogP contribution is 2.66. The molecule has 3 rings (SSSR count). The van der Waals surface area contributed by atoms with Gasteiger partial charge in [-0.3, -0.25) is 0 Å². The van der Waals surface area contributed by atoms with Crippen LogP contribution in [-0.4, -0.2) is 12.6 Å². The standard InChI is InChI=1S/C19H29NO/c1-5-12-21-16-9-7-6-8-15(16)20-17-13-14-10-11-19(17,4)18(14,2)3/h6-9,14,17,20H,5,10-13H2,1-4H3. The molecule has 2 heteroatoms. The topological polar surface area (TPSA) is 21.3 Å². The Morgan fingerprint density at radius 3 is 2.62 bits per heavy atom. The molecule has 21 heavy (non-hydrogen) atoms. The van der Waals surface area contributed by atoms with Crippen LogP contribution in [0.15, 0.2) is 24.3 Å². The summed E-state index contributed by atoms with van der Waals surface area (Å²) in [6.07, 6.45) is 5.09. The number of ether oxygens (including phenoxy) is 1. The molecule has 2 fully saturated rings. The summed E-state index contributed by atoms with van der Waals surface area (Å²) in [5, 5.41) is 3.82. The van der Waals surface area contributed by atoms with E-state index in [1.807, 2.05) is 0 Å². The summed E-state index contributed by atoms with van der Waals surface area (Å²) in [6.45, 7) is 10.3. The Morgan fingerprint density at radius 1 is 1.24 bits per heavy atom. The molecule has 0 radical (unpaired) electrons. The van der Waals surface area contributed by atoms with E-state index in [2.05, 4.69) is 57.3 Å². The normalized spacial score (nSPS) is 33.1. The first-order valence-corrected chi connectivity index (χ1v) is 8.47. The predicted octanol–water partition coefficient (Wildman–Crippen LogP) is 5.10. The zero-order valence-corrected chi connectivity index (χ0v) is 13.9. The first-order valence-electron chi connectivity index (χ1n) is 8.47. The van der Waals surface area contributed by atoms with Crippen LogP contribution in [0.4, 0.5) is 5.69 Å². The van der Waals surface area contributed by atoms with Crippen LogP contribution >= 0.6 is 0 Å². The van der Waals surface area contributed by atoms with Crippen LogP contribution in [0, 0.1) is 16.7 Å². The van der Waals surface area contributed by atoms with Crippen molar-refractivity contribution in [1.29, 1.82) is 0 Å². The fourth-order valence-electron chi connectivity index (χ4n) is 4.53. The minimum Gasteiger partial charge on any atom is -0.491 e. The summed E-state index contributed by atoms with van der Waals surface area (Å²) < 4.78 is 5.90. The summed E-state index contributed by atoms with van der Waals surface area (Å²) in [7, 11) is 0. The molecule has 3 atom stereocenters. The molecule has 0 amide bonds. The monoisotopic (exact) mass is 287 g/mol. The van der Waals surface area contributed by atoms with Gasteiger partial charge in [-0.05, 0) is 54.6 Å². The molecule has 2 aliphatic rings. The van der Waals surface area contributed by atoms with Gasteiger partial charge < -0.3 is 10.1 Å². The second-order valence-corrected chi connectivity index (χ2v) is 7.65. The number of hydrogen-bond donors (Lipinski definition) is 1. The van der Waals surface area contributed by atoms with E-state index in [1.54, 1.807) is 0 Å². The lowest BCUT2D eigenvalue weighted by molar-refractivity contribution is 0.142. The summed E-state index contributed by atoms with van der Waals surface area (Å²) in [6, 6.07) is 8.97. The highest BCUT2D eigenvalue weighted by atomic mass is 16.5. The molecule has 0 saturated heterocycles. The van der Waals surface area contributed by atoms with Crippen molar-refractivity contribution >= 4 is 5.69 Å². The van der Waals surface area contributed by atoms with Crippen molar-refractivity contribution in [1.82, 2.24) is 0 Å². The quantitative estimate of drug-likeness (QED) is 0.813. The average molecular weight is 287 g/mol. The molecule has 0 heterocycles. The SMILES string of the molecule is CCCOc1ccccc1NC1CC2CCC1(C)C2(C)C. The summed E-state index contributed by atoms with van der Waals surface area (Å²) >= 11 is 0. The maximum atomic E-state index is 5.90. The Labute approximate surface area is 129 Å². The summed E-state index contributed by atoms with van der Waals surface area (Å²) in [5.41, 5.74) is 2.01. The molecule has 116 valence electrons. The zero-order chi connectivity index (χ0) is 15.1. The van der Waals surface area contributed by atoms with Crippen LogP contribution in [0.1, 0.15) is 53.4 Å². The summed E-state index contributed by atoms with van der Waals surface area (Å²) in [4.78, 5) is 0. The van der Waals surface area contributed by atoms with E-state index in [0.717, 1.165) is 24.7 Å². The number of para-hydroxylation sites is 2. The minimum absolute atomic E-state index is 0.398. The Hall–Kier alpha value is -1.18. The second-order valence-electron chi connectivity index (χ2n) is 7.65. The lowest BCUT2D eigenvalue weighted by atomic mass is 9.69. The number of benzene rings is 1. The van der Waals surface area contributed by atoms with Gasteiger partial charge in [0.05, 0.1) is 12.3 Å². The molecule has 3 unspecified atom stereocenters. The van der Waals surface area contributed by atoms with Gasteiger partial charge >= 0.3 is 0 Å². The number of hydrogen-bond acceptors (Lipinski definition) is 2. The third-order valence-corrected chi connectivity index (χ3v) is 6.47. The van der Waals surface area contributed by atoms with Gasteiger partial charge in [-0.15, -0.1) is 0 Å². The van der Waals surface area contributed by atoms with Crippen molar-refractivity contribution in [2.24, 2.45) is 16.7 Å². The average Bonchev–Trinajstić information content (AvgIpc) is 2.79. The molecule has 2 nitrogen and oxygen atoms in total. The van der Waals surface area contributed by atoms with E-state index in [0.29, 0.717) is 16.9 Å². The first-order chi connectivity index (χ1) is 9.99. The number of nitrogens with one attached hydrogen (secondary N) is 1. The predicted molar refractivity (Wildman–Crippen MR) is 88.9 cm³/mol. The lowest BCUT2D eigenvalue weighted by Gasteiger charge is -2.40. The molecule has 2 aliphatic carbocycles. The van der Waals surface area contributed by atoms with Gasteiger partial charge in [0.2, 0.25) is 0 Å². The van der Waals surface area contributed by atoms with Crippen LogP contribution in [0.3, 0.4) is 0 Å². The van der Waals surface area contributed by atoms with Gasteiger partial charge in [-0.1, -0.05) is 39.8 Å². The Morgan fingerprint density at radius 2 is 2.00 bits per heavy atom. The van der Waals surface area contributed by atoms with Crippen LogP contribution in [0.25, 0.3) is 0 Å². The van der Waals surface area contributed by atoms with Crippen molar-refractivity contribution < 1.29 is 4.74 Å². The highest BCUT2D eigenvalue weighted by Gasteiger charge is 2.61. The minimum atomic E-state index is 0.398. The number of fused-ring (bicyclic) bond motifs is 2. The fraction of sp³-hybridized carbons (Fsp3) is 0.684. The van der Waals surface area contributed by atoms with E-state index in [9.17, 15) is 0 Å². The first kappa shape index (κ1) is 14.7. The Kier molecular flexibility index (Phi) is 3.67. The third-order valence-electron chi connectivity index (χ3n) is 6.47. The van der Waals surface area contributed by atoms with Gasteiger partial charge in [-0.2, -0.15) is 0 Å². The lowest BCUT2D eigenvalue weighted by Crippen LogP contribution is -2.40. The number of rotatable bonds is 5. The molecule has 1 N–H and O–H groups in total. The Bertz CT molecular complexity index is 510. The third kappa shape index (κ3) is 2.23.